The Morgan fingerprint density at radius 3 is 2.63 bits per heavy atom. The van der Waals surface area contributed by atoms with Crippen molar-refractivity contribution in [2.24, 2.45) is 5.73 Å². The molecule has 3 heterocycles. The molecule has 0 spiro atoms. The first kappa shape index (κ1) is 17.6. The summed E-state index contributed by atoms with van der Waals surface area (Å²) in [5.74, 6) is 1.23. The number of pyridine rings is 1. The van der Waals surface area contributed by atoms with Crippen molar-refractivity contribution in [1.29, 1.82) is 0 Å². The summed E-state index contributed by atoms with van der Waals surface area (Å²) in [4.78, 5) is 13.4. The van der Waals surface area contributed by atoms with Gasteiger partial charge < -0.3 is 10.5 Å². The summed E-state index contributed by atoms with van der Waals surface area (Å²) in [5.41, 5.74) is 10.4. The van der Waals surface area contributed by atoms with E-state index >= 15 is 0 Å². The smallest absolute Gasteiger partial charge is 0.235 e. The lowest BCUT2D eigenvalue weighted by Crippen LogP contribution is -2.30. The van der Waals surface area contributed by atoms with Crippen LogP contribution in [0.5, 0.6) is 5.88 Å². The molecule has 0 radical (unpaired) electrons. The van der Waals surface area contributed by atoms with Crippen LogP contribution in [0.3, 0.4) is 0 Å². The molecule has 0 aliphatic carbocycles. The van der Waals surface area contributed by atoms with Crippen LogP contribution in [0.1, 0.15) is 11.1 Å². The molecule has 1 atom stereocenters. The van der Waals surface area contributed by atoms with Gasteiger partial charge in [-0.25, -0.2) is 4.98 Å². The summed E-state index contributed by atoms with van der Waals surface area (Å²) in [6, 6.07) is 13.9. The molecule has 27 heavy (non-hydrogen) atoms. The Labute approximate surface area is 161 Å². The molecule has 0 unspecified atom stereocenters. The molecule has 0 saturated heterocycles. The normalized spacial score (nSPS) is 12.2. The number of fused-ring (bicyclic) bond motifs is 1. The van der Waals surface area contributed by atoms with Crippen molar-refractivity contribution in [3.8, 4) is 17.3 Å². The first-order valence-electron chi connectivity index (χ1n) is 8.79. The Bertz CT molecular complexity index is 1030. The predicted octanol–water partition coefficient (Wildman–Crippen LogP) is 4.01. The number of aromatic nitrogens is 3. The molecule has 5 nitrogen and oxygen atoms in total. The average molecular weight is 376 g/mol. The van der Waals surface area contributed by atoms with E-state index in [0.717, 1.165) is 27.8 Å². The van der Waals surface area contributed by atoms with Crippen molar-refractivity contribution >= 4 is 21.6 Å². The van der Waals surface area contributed by atoms with E-state index in [4.69, 9.17) is 15.5 Å². The van der Waals surface area contributed by atoms with Gasteiger partial charge in [0.15, 0.2) is 5.82 Å². The van der Waals surface area contributed by atoms with Gasteiger partial charge in [0, 0.05) is 24.0 Å². The van der Waals surface area contributed by atoms with Gasteiger partial charge in [0.05, 0.1) is 5.52 Å². The number of thiophene rings is 1. The SMILES string of the molecule is Cc1csc2c(OC[C@@H](N)Cc3ccccc3)nc(-c3ccncc3)nc12. The van der Waals surface area contributed by atoms with Gasteiger partial charge in [-0.3, -0.25) is 4.98 Å². The second kappa shape index (κ2) is 7.82. The highest BCUT2D eigenvalue weighted by Gasteiger charge is 2.15. The monoisotopic (exact) mass is 376 g/mol. The van der Waals surface area contributed by atoms with Gasteiger partial charge in [-0.15, -0.1) is 11.3 Å². The standard InChI is InChI=1S/C21H20N4OS/c1-14-13-27-19-18(14)24-20(16-7-9-23-10-8-16)25-21(19)26-12-17(22)11-15-5-3-2-4-6-15/h2-10,13,17H,11-12,22H2,1H3/t17-/m0/s1. The first-order valence-corrected chi connectivity index (χ1v) is 9.67. The lowest BCUT2D eigenvalue weighted by molar-refractivity contribution is 0.281. The minimum Gasteiger partial charge on any atom is -0.475 e. The highest BCUT2D eigenvalue weighted by Crippen LogP contribution is 2.33. The highest BCUT2D eigenvalue weighted by atomic mass is 32.1. The maximum Gasteiger partial charge on any atom is 0.235 e. The van der Waals surface area contributed by atoms with Crippen LogP contribution < -0.4 is 10.5 Å². The number of hydrogen-bond donors (Lipinski definition) is 1. The minimum atomic E-state index is -0.108. The van der Waals surface area contributed by atoms with E-state index in [-0.39, 0.29) is 6.04 Å². The van der Waals surface area contributed by atoms with Crippen molar-refractivity contribution in [3.63, 3.8) is 0 Å². The Morgan fingerprint density at radius 1 is 1.07 bits per heavy atom. The Morgan fingerprint density at radius 2 is 1.85 bits per heavy atom. The largest absolute Gasteiger partial charge is 0.475 e. The molecule has 0 aliphatic rings. The molecule has 0 bridgehead atoms. The van der Waals surface area contributed by atoms with Crippen LogP contribution in [0.2, 0.25) is 0 Å². The molecule has 0 fully saturated rings. The van der Waals surface area contributed by atoms with Gasteiger partial charge in [-0.2, -0.15) is 4.98 Å². The van der Waals surface area contributed by atoms with Crippen LogP contribution in [0.4, 0.5) is 0 Å². The maximum atomic E-state index is 6.28. The van der Waals surface area contributed by atoms with E-state index in [0.29, 0.717) is 18.3 Å². The molecule has 3 aromatic heterocycles. The fourth-order valence-electron chi connectivity index (χ4n) is 2.90. The van der Waals surface area contributed by atoms with Crippen LogP contribution in [0.25, 0.3) is 21.6 Å². The number of rotatable bonds is 6. The van der Waals surface area contributed by atoms with Crippen LogP contribution in [-0.2, 0) is 6.42 Å². The lowest BCUT2D eigenvalue weighted by Gasteiger charge is -2.14. The predicted molar refractivity (Wildman–Crippen MR) is 109 cm³/mol. The molecule has 4 rings (SSSR count). The Kier molecular flexibility index (Phi) is 5.09. The number of hydrogen-bond acceptors (Lipinski definition) is 6. The van der Waals surface area contributed by atoms with Gasteiger partial charge >= 0.3 is 0 Å². The second-order valence-corrected chi connectivity index (χ2v) is 7.33. The van der Waals surface area contributed by atoms with Crippen molar-refractivity contribution < 1.29 is 4.74 Å². The van der Waals surface area contributed by atoms with Crippen LogP contribution >= 0.6 is 11.3 Å². The first-order chi connectivity index (χ1) is 13.2. The number of benzene rings is 1. The maximum absolute atomic E-state index is 6.28. The summed E-state index contributed by atoms with van der Waals surface area (Å²) in [6.07, 6.45) is 4.23. The number of aryl methyl sites for hydroxylation is 1. The molecule has 136 valence electrons. The molecule has 2 N–H and O–H groups in total. The summed E-state index contributed by atoms with van der Waals surface area (Å²) >= 11 is 1.60. The average Bonchev–Trinajstić information content (AvgIpc) is 3.08. The quantitative estimate of drug-likeness (QED) is 0.550. The zero-order valence-electron chi connectivity index (χ0n) is 15.0. The third kappa shape index (κ3) is 3.97. The molecule has 0 saturated carbocycles. The highest BCUT2D eigenvalue weighted by molar-refractivity contribution is 7.17. The number of ether oxygens (including phenoxy) is 1. The van der Waals surface area contributed by atoms with Gasteiger partial charge in [0.25, 0.3) is 0 Å². The second-order valence-electron chi connectivity index (χ2n) is 6.45. The topological polar surface area (TPSA) is 73.9 Å². The van der Waals surface area contributed by atoms with Crippen molar-refractivity contribution in [2.45, 2.75) is 19.4 Å². The molecule has 6 heteroatoms. The summed E-state index contributed by atoms with van der Waals surface area (Å²) in [7, 11) is 0. The minimum absolute atomic E-state index is 0.108. The fourth-order valence-corrected chi connectivity index (χ4v) is 3.83. The zero-order chi connectivity index (χ0) is 18.6. The van der Waals surface area contributed by atoms with E-state index in [9.17, 15) is 0 Å². The van der Waals surface area contributed by atoms with Crippen LogP contribution in [0, 0.1) is 6.92 Å². The number of nitrogens with two attached hydrogens (primary N) is 1. The van der Waals surface area contributed by atoms with Gasteiger partial charge in [0.2, 0.25) is 5.88 Å². The fraction of sp³-hybridized carbons (Fsp3) is 0.190. The summed E-state index contributed by atoms with van der Waals surface area (Å²) in [5, 5.41) is 2.08. The number of nitrogens with zero attached hydrogens (tertiary/aromatic N) is 3. The summed E-state index contributed by atoms with van der Waals surface area (Å²) < 4.78 is 7.00. The van der Waals surface area contributed by atoms with Crippen molar-refractivity contribution in [2.75, 3.05) is 6.61 Å². The van der Waals surface area contributed by atoms with E-state index < -0.39 is 0 Å². The molecular formula is C21H20N4OS. The third-order valence-corrected chi connectivity index (χ3v) is 5.35. The van der Waals surface area contributed by atoms with Gasteiger partial charge in [-0.1, -0.05) is 30.3 Å². The van der Waals surface area contributed by atoms with E-state index in [2.05, 4.69) is 27.5 Å². The molecule has 4 aromatic rings. The van der Waals surface area contributed by atoms with E-state index in [1.807, 2.05) is 37.3 Å². The summed E-state index contributed by atoms with van der Waals surface area (Å²) in [6.45, 7) is 2.45. The zero-order valence-corrected chi connectivity index (χ0v) is 15.8. The Balaban J connectivity index is 1.59. The molecular weight excluding hydrogens is 356 g/mol. The van der Waals surface area contributed by atoms with Gasteiger partial charge in [-0.05, 0) is 42.0 Å². The molecule has 0 amide bonds. The lowest BCUT2D eigenvalue weighted by atomic mass is 10.1. The molecule has 0 aliphatic heterocycles. The Hall–Kier alpha value is -2.83. The third-order valence-electron chi connectivity index (χ3n) is 4.27. The van der Waals surface area contributed by atoms with Crippen LogP contribution in [-0.4, -0.2) is 27.6 Å². The van der Waals surface area contributed by atoms with Crippen LogP contribution in [0.15, 0.2) is 60.2 Å². The van der Waals surface area contributed by atoms with Crippen molar-refractivity contribution in [3.05, 3.63) is 71.4 Å². The van der Waals surface area contributed by atoms with E-state index in [1.165, 1.54) is 5.56 Å². The molecule has 1 aromatic carbocycles. The van der Waals surface area contributed by atoms with E-state index in [1.54, 1.807) is 23.7 Å². The van der Waals surface area contributed by atoms with Crippen molar-refractivity contribution in [1.82, 2.24) is 15.0 Å². The van der Waals surface area contributed by atoms with Gasteiger partial charge in [0.1, 0.15) is 11.3 Å².